The van der Waals surface area contributed by atoms with Gasteiger partial charge < -0.3 is 9.84 Å². The van der Waals surface area contributed by atoms with Crippen LogP contribution in [0.5, 0.6) is 0 Å². The number of amides is 1. The Bertz CT molecular complexity index is 1620. The number of aliphatic hydroxyl groups is 1. The number of carbonyl (C=O) groups excluding carboxylic acids is 3. The standard InChI is InChI=1S/C28H21ClN2O5S/c1-14-4-5-15(2)19(12-14)24(32)22-23(16-6-8-17(9-7-16)27(35)36-3)31(26(34)25(22)33)28-30-20-11-10-18(29)13-21(20)37-28/h4-13,23,32H,1-3H3. The molecular weight excluding hydrogens is 512 g/mol. The number of aryl methyl sites for hydroxylation is 2. The number of ether oxygens (including phenoxy) is 1. The third-order valence-corrected chi connectivity index (χ3v) is 7.54. The molecule has 9 heteroatoms. The number of nitrogens with zero attached hydrogens (tertiary/aromatic N) is 2. The van der Waals surface area contributed by atoms with E-state index in [1.165, 1.54) is 23.3 Å². The van der Waals surface area contributed by atoms with Crippen molar-refractivity contribution in [2.75, 3.05) is 12.0 Å². The van der Waals surface area contributed by atoms with E-state index in [2.05, 4.69) is 4.98 Å². The molecule has 0 radical (unpaired) electrons. The van der Waals surface area contributed by atoms with Gasteiger partial charge in [0, 0.05) is 10.6 Å². The summed E-state index contributed by atoms with van der Waals surface area (Å²) in [5, 5.41) is 12.3. The molecule has 1 atom stereocenters. The minimum absolute atomic E-state index is 0.0539. The third kappa shape index (κ3) is 4.28. The number of hydrogen-bond donors (Lipinski definition) is 1. The number of rotatable bonds is 4. The molecule has 186 valence electrons. The first-order valence-electron chi connectivity index (χ1n) is 11.3. The van der Waals surface area contributed by atoms with Crippen LogP contribution in [0.1, 0.15) is 38.7 Å². The summed E-state index contributed by atoms with van der Waals surface area (Å²) in [6.07, 6.45) is 0. The molecule has 1 amide bonds. The number of halogens is 1. The molecule has 3 aromatic carbocycles. The SMILES string of the molecule is COC(=O)c1ccc(C2C(=C(O)c3cc(C)ccc3C)C(=O)C(=O)N2c2nc3ccc(Cl)cc3s2)cc1. The molecule has 0 bridgehead atoms. The fraction of sp³-hybridized carbons (Fsp3) is 0.143. The van der Waals surface area contributed by atoms with Crippen molar-refractivity contribution in [2.45, 2.75) is 19.9 Å². The van der Waals surface area contributed by atoms with Crippen molar-refractivity contribution in [3.63, 3.8) is 0 Å². The van der Waals surface area contributed by atoms with Crippen molar-refractivity contribution in [2.24, 2.45) is 0 Å². The molecule has 1 aliphatic rings. The van der Waals surface area contributed by atoms with Crippen LogP contribution in [0.25, 0.3) is 16.0 Å². The number of thiazole rings is 1. The van der Waals surface area contributed by atoms with E-state index in [9.17, 15) is 19.5 Å². The predicted molar refractivity (Wildman–Crippen MR) is 143 cm³/mol. The van der Waals surface area contributed by atoms with Gasteiger partial charge >= 0.3 is 11.9 Å². The Morgan fingerprint density at radius 3 is 2.49 bits per heavy atom. The Balaban J connectivity index is 1.73. The van der Waals surface area contributed by atoms with Gasteiger partial charge in [0.15, 0.2) is 5.13 Å². The van der Waals surface area contributed by atoms with Crippen molar-refractivity contribution in [3.05, 3.63) is 99.1 Å². The Morgan fingerprint density at radius 1 is 1.05 bits per heavy atom. The van der Waals surface area contributed by atoms with Gasteiger partial charge in [-0.25, -0.2) is 9.78 Å². The fourth-order valence-electron chi connectivity index (χ4n) is 4.39. The number of aromatic nitrogens is 1. The smallest absolute Gasteiger partial charge is 0.337 e. The molecule has 1 saturated heterocycles. The second-order valence-corrected chi connectivity index (χ2v) is 10.2. The zero-order valence-electron chi connectivity index (χ0n) is 20.1. The highest BCUT2D eigenvalue weighted by atomic mass is 35.5. The highest BCUT2D eigenvalue weighted by Crippen LogP contribution is 2.44. The van der Waals surface area contributed by atoms with Gasteiger partial charge in [0.05, 0.1) is 34.5 Å². The molecular formula is C28H21ClN2O5S. The molecule has 2 heterocycles. The Labute approximate surface area is 221 Å². The maximum absolute atomic E-state index is 13.5. The van der Waals surface area contributed by atoms with Crippen LogP contribution in [0.15, 0.2) is 66.2 Å². The number of fused-ring (bicyclic) bond motifs is 1. The monoisotopic (exact) mass is 532 g/mol. The molecule has 1 fully saturated rings. The number of ketones is 1. The van der Waals surface area contributed by atoms with Gasteiger partial charge in [-0.15, -0.1) is 0 Å². The first-order valence-corrected chi connectivity index (χ1v) is 12.5. The summed E-state index contributed by atoms with van der Waals surface area (Å²) < 4.78 is 5.53. The lowest BCUT2D eigenvalue weighted by Gasteiger charge is -2.23. The molecule has 1 aliphatic heterocycles. The van der Waals surface area contributed by atoms with Gasteiger partial charge in [-0.05, 0) is 61.4 Å². The van der Waals surface area contributed by atoms with Crippen molar-refractivity contribution in [1.29, 1.82) is 0 Å². The minimum Gasteiger partial charge on any atom is -0.507 e. The largest absolute Gasteiger partial charge is 0.507 e. The van der Waals surface area contributed by atoms with Crippen LogP contribution in [-0.2, 0) is 14.3 Å². The van der Waals surface area contributed by atoms with Crippen LogP contribution >= 0.6 is 22.9 Å². The van der Waals surface area contributed by atoms with Crippen molar-refractivity contribution < 1.29 is 24.2 Å². The summed E-state index contributed by atoms with van der Waals surface area (Å²) in [4.78, 5) is 44.8. The molecule has 1 unspecified atom stereocenters. The lowest BCUT2D eigenvalue weighted by atomic mass is 9.93. The van der Waals surface area contributed by atoms with E-state index < -0.39 is 23.7 Å². The van der Waals surface area contributed by atoms with Crippen LogP contribution in [0.3, 0.4) is 0 Å². The van der Waals surface area contributed by atoms with Gasteiger partial charge in [0.1, 0.15) is 5.76 Å². The first kappa shape index (κ1) is 24.7. The average Bonchev–Trinajstić information content (AvgIpc) is 3.42. The minimum atomic E-state index is -0.970. The van der Waals surface area contributed by atoms with Crippen LogP contribution < -0.4 is 4.90 Å². The topological polar surface area (TPSA) is 96.8 Å². The zero-order chi connectivity index (χ0) is 26.4. The van der Waals surface area contributed by atoms with Crippen LogP contribution in [0.4, 0.5) is 5.13 Å². The average molecular weight is 533 g/mol. The number of aliphatic hydroxyl groups excluding tert-OH is 1. The summed E-state index contributed by atoms with van der Waals surface area (Å²) >= 11 is 7.36. The first-order chi connectivity index (χ1) is 17.7. The highest BCUT2D eigenvalue weighted by molar-refractivity contribution is 7.22. The number of Topliss-reactive ketones (excluding diaryl/α,β-unsaturated/α-hetero) is 1. The van der Waals surface area contributed by atoms with E-state index in [0.29, 0.717) is 32.4 Å². The normalized spacial score (nSPS) is 17.0. The molecule has 37 heavy (non-hydrogen) atoms. The summed E-state index contributed by atoms with van der Waals surface area (Å²) in [6, 6.07) is 16.1. The second-order valence-electron chi connectivity index (χ2n) is 8.71. The van der Waals surface area contributed by atoms with Crippen molar-refractivity contribution in [1.82, 2.24) is 4.98 Å². The van der Waals surface area contributed by atoms with Crippen LogP contribution in [0.2, 0.25) is 5.02 Å². The van der Waals surface area contributed by atoms with Gasteiger partial charge in [-0.1, -0.05) is 52.8 Å². The van der Waals surface area contributed by atoms with E-state index in [4.69, 9.17) is 16.3 Å². The van der Waals surface area contributed by atoms with Crippen LogP contribution in [0, 0.1) is 13.8 Å². The number of carbonyl (C=O) groups is 3. The molecule has 0 aliphatic carbocycles. The second kappa shape index (κ2) is 9.46. The molecule has 0 spiro atoms. The number of anilines is 1. The van der Waals surface area contributed by atoms with Crippen molar-refractivity contribution >= 4 is 61.7 Å². The van der Waals surface area contributed by atoms with Crippen LogP contribution in [-0.4, -0.2) is 34.9 Å². The lowest BCUT2D eigenvalue weighted by Crippen LogP contribution is -2.29. The van der Waals surface area contributed by atoms with E-state index in [0.717, 1.165) is 15.8 Å². The fourth-order valence-corrected chi connectivity index (χ4v) is 5.66. The van der Waals surface area contributed by atoms with Gasteiger partial charge in [-0.2, -0.15) is 0 Å². The predicted octanol–water partition coefficient (Wildman–Crippen LogP) is 5.98. The zero-order valence-corrected chi connectivity index (χ0v) is 21.7. The Kier molecular flexibility index (Phi) is 6.31. The van der Waals surface area contributed by atoms with E-state index in [-0.39, 0.29) is 11.3 Å². The molecule has 5 rings (SSSR count). The van der Waals surface area contributed by atoms with E-state index in [1.54, 1.807) is 48.5 Å². The number of methoxy groups -OCH3 is 1. The summed E-state index contributed by atoms with van der Waals surface area (Å²) in [7, 11) is 1.29. The summed E-state index contributed by atoms with van der Waals surface area (Å²) in [6.45, 7) is 3.70. The molecule has 1 N–H and O–H groups in total. The molecule has 7 nitrogen and oxygen atoms in total. The molecule has 4 aromatic rings. The summed E-state index contributed by atoms with van der Waals surface area (Å²) in [5.74, 6) is -2.41. The maximum Gasteiger partial charge on any atom is 0.337 e. The van der Waals surface area contributed by atoms with Gasteiger partial charge in [0.2, 0.25) is 0 Å². The Morgan fingerprint density at radius 2 is 1.78 bits per heavy atom. The van der Waals surface area contributed by atoms with Gasteiger partial charge in [-0.3, -0.25) is 14.5 Å². The van der Waals surface area contributed by atoms with Gasteiger partial charge in [0.25, 0.3) is 5.78 Å². The lowest BCUT2D eigenvalue weighted by molar-refractivity contribution is -0.132. The van der Waals surface area contributed by atoms with E-state index >= 15 is 0 Å². The highest BCUT2D eigenvalue weighted by Gasteiger charge is 2.48. The molecule has 0 saturated carbocycles. The van der Waals surface area contributed by atoms with Crippen molar-refractivity contribution in [3.8, 4) is 0 Å². The Hall–Kier alpha value is -4.01. The molecule has 1 aromatic heterocycles. The maximum atomic E-state index is 13.5. The van der Waals surface area contributed by atoms with E-state index in [1.807, 2.05) is 26.0 Å². The number of esters is 1. The quantitative estimate of drug-likeness (QED) is 0.150. The third-order valence-electron chi connectivity index (χ3n) is 6.29. The number of benzene rings is 3. The summed E-state index contributed by atoms with van der Waals surface area (Å²) in [5.41, 5.74) is 3.52. The number of hydrogen-bond acceptors (Lipinski definition) is 7.